The molecule has 3 heteroatoms. The molecule has 0 radical (unpaired) electrons. The first-order valence-corrected chi connectivity index (χ1v) is 6.00. The van der Waals surface area contributed by atoms with Crippen LogP contribution in [0.3, 0.4) is 0 Å². The molecule has 1 aromatic rings. The molecule has 0 aliphatic carbocycles. The average Bonchev–Trinajstić information content (AvgIpc) is 2.33. The Morgan fingerprint density at radius 3 is 2.65 bits per heavy atom. The molecule has 1 saturated heterocycles. The molecular weight excluding hydrogens is 237 g/mol. The standard InChI is InChI=1S/C14H18FN.ClH/c15-13-9-7-12(8-10-13)4-3-6-14-5-1-2-11-16-14;/h3-4,7-10,14,16H,1-2,5-6,11H2;1H/b4-3-;. The lowest BCUT2D eigenvalue weighted by molar-refractivity contribution is 0.404. The van der Waals surface area contributed by atoms with E-state index in [0.717, 1.165) is 18.5 Å². The van der Waals surface area contributed by atoms with E-state index >= 15 is 0 Å². The second kappa shape index (κ2) is 7.46. The van der Waals surface area contributed by atoms with Crippen molar-refractivity contribution in [2.45, 2.75) is 31.7 Å². The number of hydrogen-bond acceptors (Lipinski definition) is 1. The largest absolute Gasteiger partial charge is 0.314 e. The molecule has 0 bridgehead atoms. The van der Waals surface area contributed by atoms with Gasteiger partial charge in [-0.15, -0.1) is 12.4 Å². The van der Waals surface area contributed by atoms with Gasteiger partial charge in [-0.1, -0.05) is 30.7 Å². The summed E-state index contributed by atoms with van der Waals surface area (Å²) in [5.41, 5.74) is 1.07. The Hall–Kier alpha value is -0.860. The third-order valence-electron chi connectivity index (χ3n) is 3.01. The van der Waals surface area contributed by atoms with Gasteiger partial charge in [0.2, 0.25) is 0 Å². The predicted molar refractivity (Wildman–Crippen MR) is 72.9 cm³/mol. The van der Waals surface area contributed by atoms with E-state index in [4.69, 9.17) is 0 Å². The minimum Gasteiger partial charge on any atom is -0.314 e. The molecule has 2 rings (SSSR count). The van der Waals surface area contributed by atoms with Gasteiger partial charge in [-0.2, -0.15) is 0 Å². The van der Waals surface area contributed by atoms with E-state index in [-0.39, 0.29) is 18.2 Å². The van der Waals surface area contributed by atoms with Gasteiger partial charge < -0.3 is 5.32 Å². The van der Waals surface area contributed by atoms with Gasteiger partial charge in [-0.25, -0.2) is 4.39 Å². The van der Waals surface area contributed by atoms with Gasteiger partial charge in [-0.05, 0) is 43.5 Å². The predicted octanol–water partition coefficient (Wildman–Crippen LogP) is 3.79. The number of benzene rings is 1. The molecule has 17 heavy (non-hydrogen) atoms. The maximum atomic E-state index is 12.7. The molecule has 0 aromatic heterocycles. The highest BCUT2D eigenvalue weighted by Gasteiger charge is 2.09. The lowest BCUT2D eigenvalue weighted by Crippen LogP contribution is -2.33. The number of piperidine rings is 1. The summed E-state index contributed by atoms with van der Waals surface area (Å²) >= 11 is 0. The van der Waals surface area contributed by atoms with Crippen LogP contribution in [-0.2, 0) is 0 Å². The molecule has 0 saturated carbocycles. The summed E-state index contributed by atoms with van der Waals surface area (Å²) in [5.74, 6) is -0.175. The van der Waals surface area contributed by atoms with Crippen LogP contribution in [0.4, 0.5) is 4.39 Å². The number of nitrogens with one attached hydrogen (secondary N) is 1. The van der Waals surface area contributed by atoms with Crippen LogP contribution in [0.25, 0.3) is 6.08 Å². The van der Waals surface area contributed by atoms with E-state index in [1.165, 1.54) is 31.4 Å². The first-order valence-electron chi connectivity index (χ1n) is 6.00. The molecule has 1 aliphatic rings. The van der Waals surface area contributed by atoms with Gasteiger partial charge in [0.15, 0.2) is 0 Å². The molecule has 1 N–H and O–H groups in total. The highest BCUT2D eigenvalue weighted by atomic mass is 35.5. The summed E-state index contributed by atoms with van der Waals surface area (Å²) in [4.78, 5) is 0. The third-order valence-corrected chi connectivity index (χ3v) is 3.01. The molecule has 1 fully saturated rings. The lowest BCUT2D eigenvalue weighted by Gasteiger charge is -2.21. The van der Waals surface area contributed by atoms with Crippen molar-refractivity contribution in [1.29, 1.82) is 0 Å². The Bertz CT molecular complexity index is 342. The normalized spacial score (nSPS) is 20.2. The van der Waals surface area contributed by atoms with E-state index in [0.29, 0.717) is 6.04 Å². The van der Waals surface area contributed by atoms with E-state index in [1.807, 2.05) is 0 Å². The molecule has 1 atom stereocenters. The van der Waals surface area contributed by atoms with E-state index in [2.05, 4.69) is 17.5 Å². The van der Waals surface area contributed by atoms with Crippen molar-refractivity contribution in [2.24, 2.45) is 0 Å². The van der Waals surface area contributed by atoms with Crippen molar-refractivity contribution in [2.75, 3.05) is 6.54 Å². The summed E-state index contributed by atoms with van der Waals surface area (Å²) in [6.45, 7) is 1.15. The Labute approximate surface area is 109 Å². The maximum Gasteiger partial charge on any atom is 0.123 e. The Balaban J connectivity index is 0.00000144. The first-order chi connectivity index (χ1) is 7.84. The average molecular weight is 256 g/mol. The fourth-order valence-electron chi connectivity index (χ4n) is 2.07. The minimum absolute atomic E-state index is 0. The summed E-state index contributed by atoms with van der Waals surface area (Å²) < 4.78 is 12.7. The molecule has 1 nitrogen and oxygen atoms in total. The molecule has 1 aliphatic heterocycles. The SMILES string of the molecule is Cl.Fc1ccc(/C=C\CC2CCCCN2)cc1. The van der Waals surface area contributed by atoms with Crippen LogP contribution in [0.2, 0.25) is 0 Å². The van der Waals surface area contributed by atoms with Crippen molar-refractivity contribution in [3.05, 3.63) is 41.7 Å². The van der Waals surface area contributed by atoms with Crippen molar-refractivity contribution in [3.8, 4) is 0 Å². The second-order valence-electron chi connectivity index (χ2n) is 4.34. The second-order valence-corrected chi connectivity index (χ2v) is 4.34. The number of rotatable bonds is 3. The van der Waals surface area contributed by atoms with Crippen LogP contribution in [0.5, 0.6) is 0 Å². The zero-order chi connectivity index (χ0) is 11.2. The molecule has 0 spiro atoms. The Morgan fingerprint density at radius 1 is 1.24 bits per heavy atom. The van der Waals surface area contributed by atoms with Crippen molar-refractivity contribution in [1.82, 2.24) is 5.32 Å². The molecule has 0 amide bonds. The fourth-order valence-corrected chi connectivity index (χ4v) is 2.07. The van der Waals surface area contributed by atoms with Gasteiger partial charge in [0.05, 0.1) is 0 Å². The third kappa shape index (κ3) is 4.88. The van der Waals surface area contributed by atoms with Gasteiger partial charge >= 0.3 is 0 Å². The van der Waals surface area contributed by atoms with Gasteiger partial charge in [0, 0.05) is 6.04 Å². The van der Waals surface area contributed by atoms with Crippen LogP contribution in [0.1, 0.15) is 31.2 Å². The van der Waals surface area contributed by atoms with Crippen LogP contribution in [-0.4, -0.2) is 12.6 Å². The molecular formula is C14H19ClFN. The topological polar surface area (TPSA) is 12.0 Å². The zero-order valence-electron chi connectivity index (χ0n) is 9.86. The Morgan fingerprint density at radius 2 is 2.00 bits per heavy atom. The van der Waals surface area contributed by atoms with Crippen molar-refractivity contribution < 1.29 is 4.39 Å². The molecule has 1 aromatic carbocycles. The highest BCUT2D eigenvalue weighted by Crippen LogP contribution is 2.12. The smallest absolute Gasteiger partial charge is 0.123 e. The van der Waals surface area contributed by atoms with E-state index in [9.17, 15) is 4.39 Å². The summed E-state index contributed by atoms with van der Waals surface area (Å²) in [5, 5.41) is 3.50. The van der Waals surface area contributed by atoms with Gasteiger partial charge in [-0.3, -0.25) is 0 Å². The van der Waals surface area contributed by atoms with E-state index in [1.54, 1.807) is 12.1 Å². The van der Waals surface area contributed by atoms with Crippen molar-refractivity contribution >= 4 is 18.5 Å². The minimum atomic E-state index is -0.175. The van der Waals surface area contributed by atoms with Crippen LogP contribution >= 0.6 is 12.4 Å². The highest BCUT2D eigenvalue weighted by molar-refractivity contribution is 5.85. The quantitative estimate of drug-likeness (QED) is 0.867. The van der Waals surface area contributed by atoms with Crippen molar-refractivity contribution in [3.63, 3.8) is 0 Å². The lowest BCUT2D eigenvalue weighted by atomic mass is 10.0. The fraction of sp³-hybridized carbons (Fsp3) is 0.429. The summed E-state index contributed by atoms with van der Waals surface area (Å²) in [7, 11) is 0. The maximum absolute atomic E-state index is 12.7. The summed E-state index contributed by atoms with van der Waals surface area (Å²) in [6, 6.07) is 7.24. The van der Waals surface area contributed by atoms with Gasteiger partial charge in [0.1, 0.15) is 5.82 Å². The molecule has 94 valence electrons. The molecule has 1 unspecified atom stereocenters. The number of hydrogen-bond donors (Lipinski definition) is 1. The molecule has 1 heterocycles. The van der Waals surface area contributed by atoms with Crippen LogP contribution < -0.4 is 5.32 Å². The monoisotopic (exact) mass is 255 g/mol. The van der Waals surface area contributed by atoms with E-state index < -0.39 is 0 Å². The van der Waals surface area contributed by atoms with Gasteiger partial charge in [0.25, 0.3) is 0 Å². The Kier molecular flexibility index (Phi) is 6.23. The van der Waals surface area contributed by atoms with Crippen LogP contribution in [0.15, 0.2) is 30.3 Å². The summed E-state index contributed by atoms with van der Waals surface area (Å²) in [6.07, 6.45) is 9.22. The first kappa shape index (κ1) is 14.2. The zero-order valence-corrected chi connectivity index (χ0v) is 10.7. The van der Waals surface area contributed by atoms with Crippen LogP contribution in [0, 0.1) is 5.82 Å². The number of halogens is 2.